The van der Waals surface area contributed by atoms with E-state index >= 15 is 0 Å². The molecule has 0 unspecified atom stereocenters. The van der Waals surface area contributed by atoms with Crippen molar-refractivity contribution in [1.29, 1.82) is 0 Å². The van der Waals surface area contributed by atoms with Crippen LogP contribution in [-0.4, -0.2) is 24.8 Å². The molecule has 1 aliphatic heterocycles. The molecule has 2 aromatic carbocycles. The van der Waals surface area contributed by atoms with Gasteiger partial charge in [-0.05, 0) is 59.9 Å². The van der Waals surface area contributed by atoms with Crippen molar-refractivity contribution in [3.63, 3.8) is 0 Å². The molecule has 0 bridgehead atoms. The number of hydrogen-bond acceptors (Lipinski definition) is 5. The monoisotopic (exact) mass is 311 g/mol. The Labute approximate surface area is 134 Å². The summed E-state index contributed by atoms with van der Waals surface area (Å²) in [6.45, 7) is 0.280. The molecule has 23 heavy (non-hydrogen) atoms. The molecule has 0 aromatic heterocycles. The van der Waals surface area contributed by atoms with Gasteiger partial charge in [-0.15, -0.1) is 0 Å². The summed E-state index contributed by atoms with van der Waals surface area (Å²) >= 11 is 0. The number of rotatable bonds is 4. The smallest absolute Gasteiger partial charge is 0.231 e. The summed E-state index contributed by atoms with van der Waals surface area (Å²) in [5.41, 5.74) is 2.82. The lowest BCUT2D eigenvalue weighted by molar-refractivity contribution is 0.174. The van der Waals surface area contributed by atoms with Crippen molar-refractivity contribution in [1.82, 2.24) is 0 Å². The van der Waals surface area contributed by atoms with Crippen LogP contribution >= 0.6 is 0 Å². The zero-order chi connectivity index (χ0) is 15.8. The van der Waals surface area contributed by atoms with Crippen molar-refractivity contribution in [2.45, 2.75) is 12.3 Å². The number of methoxy groups -OCH3 is 1. The number of ether oxygens (including phenoxy) is 3. The van der Waals surface area contributed by atoms with E-state index in [2.05, 4.69) is 11.2 Å². The van der Waals surface area contributed by atoms with Crippen LogP contribution in [0.2, 0.25) is 0 Å². The normalized spacial score (nSPS) is 22.0. The largest absolute Gasteiger partial charge is 0.497 e. The van der Waals surface area contributed by atoms with Crippen molar-refractivity contribution in [3.8, 4) is 17.2 Å². The standard InChI is InChI=1S/C18H17NO4/c1-21-13-5-2-11(3-6-13)18(19-20)15-9-14(15)12-4-7-16-17(8-12)23-10-22-16/h2-8,14-15,20H,9-10H2,1H3/b19-18+/t14-,15+/m0/s1. The first-order chi connectivity index (χ1) is 11.3. The quantitative estimate of drug-likeness (QED) is 0.534. The summed E-state index contributed by atoms with van der Waals surface area (Å²) in [5, 5.41) is 13.0. The van der Waals surface area contributed by atoms with E-state index in [1.165, 1.54) is 5.56 Å². The second-order valence-electron chi connectivity index (χ2n) is 5.78. The zero-order valence-corrected chi connectivity index (χ0v) is 12.7. The summed E-state index contributed by atoms with van der Waals surface area (Å²) in [6.07, 6.45) is 0.963. The average Bonchev–Trinajstić information content (AvgIpc) is 3.23. The molecule has 0 saturated heterocycles. The minimum Gasteiger partial charge on any atom is -0.497 e. The summed E-state index contributed by atoms with van der Waals surface area (Å²) in [6, 6.07) is 13.6. The van der Waals surface area contributed by atoms with Crippen LogP contribution in [0.25, 0.3) is 0 Å². The first-order valence-electron chi connectivity index (χ1n) is 7.56. The number of oxime groups is 1. The van der Waals surface area contributed by atoms with E-state index in [1.54, 1.807) is 7.11 Å². The molecule has 5 nitrogen and oxygen atoms in total. The Hall–Kier alpha value is -2.69. The van der Waals surface area contributed by atoms with Crippen LogP contribution < -0.4 is 14.2 Å². The van der Waals surface area contributed by atoms with Gasteiger partial charge in [0.05, 0.1) is 12.8 Å². The summed E-state index contributed by atoms with van der Waals surface area (Å²) < 4.78 is 15.9. The predicted molar refractivity (Wildman–Crippen MR) is 84.7 cm³/mol. The average molecular weight is 311 g/mol. The first kappa shape index (κ1) is 13.9. The molecule has 1 N–H and O–H groups in total. The van der Waals surface area contributed by atoms with Gasteiger partial charge in [0.2, 0.25) is 6.79 Å². The van der Waals surface area contributed by atoms with Gasteiger partial charge >= 0.3 is 0 Å². The topological polar surface area (TPSA) is 60.3 Å². The maximum absolute atomic E-state index is 9.45. The highest BCUT2D eigenvalue weighted by Crippen LogP contribution is 2.51. The summed E-state index contributed by atoms with van der Waals surface area (Å²) in [5.74, 6) is 2.93. The van der Waals surface area contributed by atoms with Crippen molar-refractivity contribution in [2.75, 3.05) is 13.9 Å². The molecule has 4 rings (SSSR count). The van der Waals surface area contributed by atoms with Crippen LogP contribution in [0, 0.1) is 5.92 Å². The highest BCUT2D eigenvalue weighted by Gasteiger charge is 2.43. The fraction of sp³-hybridized carbons (Fsp3) is 0.278. The number of fused-ring (bicyclic) bond motifs is 1. The van der Waals surface area contributed by atoms with Crippen LogP contribution in [0.1, 0.15) is 23.5 Å². The summed E-state index contributed by atoms with van der Waals surface area (Å²) in [4.78, 5) is 0. The minimum absolute atomic E-state index is 0.216. The van der Waals surface area contributed by atoms with Crippen LogP contribution in [0.4, 0.5) is 0 Å². The fourth-order valence-corrected chi connectivity index (χ4v) is 3.12. The van der Waals surface area contributed by atoms with Gasteiger partial charge in [-0.2, -0.15) is 0 Å². The van der Waals surface area contributed by atoms with Gasteiger partial charge in [-0.1, -0.05) is 11.2 Å². The number of benzene rings is 2. The van der Waals surface area contributed by atoms with Crippen LogP contribution in [0.5, 0.6) is 17.2 Å². The highest BCUT2D eigenvalue weighted by molar-refractivity contribution is 6.04. The van der Waals surface area contributed by atoms with Gasteiger partial charge < -0.3 is 19.4 Å². The molecule has 2 atom stereocenters. The van der Waals surface area contributed by atoms with Gasteiger partial charge in [0.15, 0.2) is 11.5 Å². The maximum Gasteiger partial charge on any atom is 0.231 e. The molecular weight excluding hydrogens is 294 g/mol. The lowest BCUT2D eigenvalue weighted by atomic mass is 10.0. The van der Waals surface area contributed by atoms with Crippen LogP contribution in [0.15, 0.2) is 47.6 Å². The van der Waals surface area contributed by atoms with E-state index < -0.39 is 0 Å². The Kier molecular flexibility index (Phi) is 3.33. The van der Waals surface area contributed by atoms with E-state index in [0.29, 0.717) is 5.92 Å². The molecular formula is C18H17NO4. The molecule has 118 valence electrons. The molecule has 0 amide bonds. The number of hydrogen-bond donors (Lipinski definition) is 1. The second-order valence-corrected chi connectivity index (χ2v) is 5.78. The predicted octanol–water partition coefficient (Wildman–Crippen LogP) is 3.41. The van der Waals surface area contributed by atoms with Crippen LogP contribution in [-0.2, 0) is 0 Å². The van der Waals surface area contributed by atoms with Gasteiger partial charge in [0.25, 0.3) is 0 Å². The minimum atomic E-state index is 0.216. The van der Waals surface area contributed by atoms with Gasteiger partial charge in [0, 0.05) is 5.92 Å². The lowest BCUT2D eigenvalue weighted by Gasteiger charge is -2.06. The number of nitrogens with zero attached hydrogens (tertiary/aromatic N) is 1. The van der Waals surface area contributed by atoms with Crippen molar-refractivity contribution in [2.24, 2.45) is 11.1 Å². The maximum atomic E-state index is 9.45. The molecule has 2 aromatic rings. The van der Waals surface area contributed by atoms with E-state index in [0.717, 1.165) is 34.9 Å². The van der Waals surface area contributed by atoms with E-state index in [1.807, 2.05) is 36.4 Å². The van der Waals surface area contributed by atoms with Crippen LogP contribution in [0.3, 0.4) is 0 Å². The molecule has 2 aliphatic rings. The first-order valence-corrected chi connectivity index (χ1v) is 7.56. The second kappa shape index (κ2) is 5.50. The Morgan fingerprint density at radius 2 is 1.91 bits per heavy atom. The Balaban J connectivity index is 1.54. The van der Waals surface area contributed by atoms with Crippen molar-refractivity contribution in [3.05, 3.63) is 53.6 Å². The Morgan fingerprint density at radius 3 is 2.65 bits per heavy atom. The lowest BCUT2D eigenvalue weighted by Crippen LogP contribution is -2.05. The fourth-order valence-electron chi connectivity index (χ4n) is 3.12. The Morgan fingerprint density at radius 1 is 1.13 bits per heavy atom. The molecule has 0 spiro atoms. The van der Waals surface area contributed by atoms with Gasteiger partial charge in [-0.3, -0.25) is 0 Å². The third-order valence-electron chi connectivity index (χ3n) is 4.46. The molecule has 1 aliphatic carbocycles. The molecule has 0 radical (unpaired) electrons. The molecule has 1 heterocycles. The highest BCUT2D eigenvalue weighted by atomic mass is 16.7. The molecule has 5 heteroatoms. The third kappa shape index (κ3) is 2.48. The van der Waals surface area contributed by atoms with E-state index in [9.17, 15) is 5.21 Å². The van der Waals surface area contributed by atoms with Gasteiger partial charge in [0.1, 0.15) is 5.75 Å². The van der Waals surface area contributed by atoms with E-state index in [4.69, 9.17) is 14.2 Å². The zero-order valence-electron chi connectivity index (χ0n) is 12.7. The Bertz CT molecular complexity index is 754. The molecule has 1 fully saturated rings. The summed E-state index contributed by atoms with van der Waals surface area (Å²) in [7, 11) is 1.63. The SMILES string of the molecule is COc1ccc(/C(=N\O)[C@@H]2C[C@H]2c2ccc3c(c2)OCO3)cc1. The van der Waals surface area contributed by atoms with E-state index in [-0.39, 0.29) is 12.7 Å². The third-order valence-corrected chi connectivity index (χ3v) is 4.46. The van der Waals surface area contributed by atoms with Crippen molar-refractivity contribution >= 4 is 5.71 Å². The molecule has 1 saturated carbocycles. The van der Waals surface area contributed by atoms with Gasteiger partial charge in [-0.25, -0.2) is 0 Å². The van der Waals surface area contributed by atoms with Crippen molar-refractivity contribution < 1.29 is 19.4 Å².